The molecule has 0 unspecified atom stereocenters. The lowest BCUT2D eigenvalue weighted by Crippen LogP contribution is -2.63. The molecule has 3 aliphatic rings. The molecule has 1 aromatic heterocycles. The highest BCUT2D eigenvalue weighted by atomic mass is 14.9. The summed E-state index contributed by atoms with van der Waals surface area (Å²) in [5.74, 6) is 1.08. The molecule has 0 saturated heterocycles. The van der Waals surface area contributed by atoms with Crippen molar-refractivity contribution in [2.45, 2.75) is 73.1 Å². The minimum atomic E-state index is 0.399. The highest BCUT2D eigenvalue weighted by molar-refractivity contribution is 5.29. The predicted molar refractivity (Wildman–Crippen MR) is 82.1 cm³/mol. The van der Waals surface area contributed by atoms with E-state index >= 15 is 0 Å². The molecule has 4 rings (SSSR count). The summed E-state index contributed by atoms with van der Waals surface area (Å²) in [5, 5.41) is 0. The van der Waals surface area contributed by atoms with Crippen LogP contribution in [0.1, 0.15) is 73.6 Å². The minimum absolute atomic E-state index is 0.399. The van der Waals surface area contributed by atoms with Crippen LogP contribution in [-0.2, 0) is 5.41 Å². The van der Waals surface area contributed by atoms with Gasteiger partial charge in [-0.15, -0.1) is 0 Å². The van der Waals surface area contributed by atoms with E-state index in [-0.39, 0.29) is 0 Å². The van der Waals surface area contributed by atoms with Crippen LogP contribution in [0.25, 0.3) is 0 Å². The molecule has 1 aromatic rings. The molecular formula is C17H30N2. The van der Waals surface area contributed by atoms with Crippen molar-refractivity contribution in [2.24, 2.45) is 10.8 Å². The van der Waals surface area contributed by atoms with Crippen LogP contribution in [0, 0.1) is 10.8 Å². The zero-order chi connectivity index (χ0) is 14.7. The van der Waals surface area contributed by atoms with Gasteiger partial charge in [-0.3, -0.25) is 0 Å². The minimum Gasteiger partial charge on any atom is -0.241 e. The zero-order valence-corrected chi connectivity index (χ0v) is 13.7. The van der Waals surface area contributed by atoms with Gasteiger partial charge in [-0.2, -0.15) is 0 Å². The zero-order valence-electron chi connectivity index (χ0n) is 13.7. The highest BCUT2D eigenvalue weighted by Crippen LogP contribution is 2.72. The quantitative estimate of drug-likeness (QED) is 0.712. The van der Waals surface area contributed by atoms with Gasteiger partial charge in [0.2, 0.25) is 0 Å². The lowest BCUT2D eigenvalue weighted by Gasteiger charge is -2.68. The number of hydrogen-bond acceptors (Lipinski definition) is 2. The van der Waals surface area contributed by atoms with Crippen LogP contribution in [0.15, 0.2) is 18.5 Å². The fourth-order valence-electron chi connectivity index (χ4n) is 3.11. The maximum atomic E-state index is 4.33. The van der Waals surface area contributed by atoms with Gasteiger partial charge in [0.25, 0.3) is 0 Å². The summed E-state index contributed by atoms with van der Waals surface area (Å²) in [6.45, 7) is 15.1. The Morgan fingerprint density at radius 3 is 1.63 bits per heavy atom. The second kappa shape index (κ2) is 5.60. The van der Waals surface area contributed by atoms with Crippen LogP contribution in [0.5, 0.6) is 0 Å². The molecule has 1 heterocycles. The Labute approximate surface area is 119 Å². The summed E-state index contributed by atoms with van der Waals surface area (Å²) in [6.07, 6.45) is 7.63. The molecular weight excluding hydrogens is 232 g/mol. The van der Waals surface area contributed by atoms with Crippen LogP contribution < -0.4 is 0 Å². The Balaban J connectivity index is 0.000000223. The number of hydrogen-bond donors (Lipinski definition) is 0. The Kier molecular flexibility index (Phi) is 4.76. The van der Waals surface area contributed by atoms with E-state index in [1.54, 1.807) is 0 Å². The first kappa shape index (κ1) is 16.1. The average molecular weight is 262 g/mol. The van der Waals surface area contributed by atoms with E-state index in [4.69, 9.17) is 0 Å². The lowest BCUT2D eigenvalue weighted by atomic mass is 9.35. The molecule has 2 bridgehead atoms. The Morgan fingerprint density at radius 1 is 0.947 bits per heavy atom. The molecule has 2 heteroatoms. The third-order valence-electron chi connectivity index (χ3n) is 3.34. The van der Waals surface area contributed by atoms with Gasteiger partial charge >= 0.3 is 0 Å². The number of nitrogens with zero attached hydrogens (tertiary/aromatic N) is 2. The van der Waals surface area contributed by atoms with Crippen molar-refractivity contribution >= 4 is 0 Å². The normalized spacial score (nSPS) is 30.7. The summed E-state index contributed by atoms with van der Waals surface area (Å²) < 4.78 is 0. The SMILES string of the molecule is CC.CC(C)(C)C.CC12CC(c3ncccn3)(C1)C2. The second-order valence-corrected chi connectivity index (χ2v) is 7.69. The molecule has 108 valence electrons. The van der Waals surface area contributed by atoms with Crippen LogP contribution in [0.4, 0.5) is 0 Å². The molecule has 0 spiro atoms. The van der Waals surface area contributed by atoms with E-state index in [1.165, 1.54) is 19.3 Å². The number of rotatable bonds is 1. The summed E-state index contributed by atoms with van der Waals surface area (Å²) in [4.78, 5) is 8.66. The third kappa shape index (κ3) is 4.02. The maximum absolute atomic E-state index is 4.33. The van der Waals surface area contributed by atoms with Gasteiger partial charge in [-0.05, 0) is 36.2 Å². The third-order valence-corrected chi connectivity index (χ3v) is 3.34. The predicted octanol–water partition coefficient (Wildman–Crippen LogP) is 5.00. The molecule has 2 nitrogen and oxygen atoms in total. The van der Waals surface area contributed by atoms with Crippen LogP contribution in [-0.4, -0.2) is 9.97 Å². The number of aromatic nitrogens is 2. The van der Waals surface area contributed by atoms with E-state index in [0.29, 0.717) is 16.2 Å². The van der Waals surface area contributed by atoms with Gasteiger partial charge in [0.05, 0.1) is 0 Å². The average Bonchev–Trinajstić information content (AvgIpc) is 2.25. The Bertz CT molecular complexity index is 364. The van der Waals surface area contributed by atoms with Crippen LogP contribution in [0.2, 0.25) is 0 Å². The van der Waals surface area contributed by atoms with E-state index < -0.39 is 0 Å². The first-order valence-electron chi connectivity index (χ1n) is 7.50. The van der Waals surface area contributed by atoms with E-state index in [0.717, 1.165) is 5.82 Å². The second-order valence-electron chi connectivity index (χ2n) is 7.69. The molecule has 3 aliphatic carbocycles. The summed E-state index contributed by atoms with van der Waals surface area (Å²) in [5.41, 5.74) is 1.55. The Hall–Kier alpha value is -0.920. The van der Waals surface area contributed by atoms with Gasteiger partial charge in [-0.25, -0.2) is 9.97 Å². The van der Waals surface area contributed by atoms with E-state index in [2.05, 4.69) is 44.6 Å². The first-order chi connectivity index (χ1) is 8.73. The van der Waals surface area contributed by atoms with Crippen molar-refractivity contribution in [3.8, 4) is 0 Å². The highest BCUT2D eigenvalue weighted by Gasteiger charge is 2.67. The summed E-state index contributed by atoms with van der Waals surface area (Å²) in [7, 11) is 0. The van der Waals surface area contributed by atoms with Crippen molar-refractivity contribution in [2.75, 3.05) is 0 Å². The van der Waals surface area contributed by atoms with Crippen molar-refractivity contribution < 1.29 is 0 Å². The topological polar surface area (TPSA) is 25.8 Å². The van der Waals surface area contributed by atoms with Gasteiger partial charge in [0.1, 0.15) is 5.82 Å². The van der Waals surface area contributed by atoms with Crippen molar-refractivity contribution in [1.82, 2.24) is 9.97 Å². The Morgan fingerprint density at radius 2 is 1.32 bits per heavy atom. The van der Waals surface area contributed by atoms with Gasteiger partial charge in [-0.1, -0.05) is 48.5 Å². The van der Waals surface area contributed by atoms with Crippen molar-refractivity contribution in [3.63, 3.8) is 0 Å². The van der Waals surface area contributed by atoms with E-state index in [1.807, 2.05) is 32.3 Å². The summed E-state index contributed by atoms with van der Waals surface area (Å²) >= 11 is 0. The molecule has 0 radical (unpaired) electrons. The van der Waals surface area contributed by atoms with Gasteiger partial charge in [0, 0.05) is 17.8 Å². The molecule has 19 heavy (non-hydrogen) atoms. The molecule has 3 saturated carbocycles. The van der Waals surface area contributed by atoms with E-state index in [9.17, 15) is 0 Å². The lowest BCUT2D eigenvalue weighted by molar-refractivity contribution is -0.130. The molecule has 0 atom stereocenters. The van der Waals surface area contributed by atoms with Crippen molar-refractivity contribution in [1.29, 1.82) is 0 Å². The van der Waals surface area contributed by atoms with Crippen molar-refractivity contribution in [3.05, 3.63) is 24.3 Å². The molecule has 0 N–H and O–H groups in total. The molecule has 0 aromatic carbocycles. The fraction of sp³-hybridized carbons (Fsp3) is 0.765. The fourth-order valence-corrected chi connectivity index (χ4v) is 3.11. The van der Waals surface area contributed by atoms with Gasteiger partial charge < -0.3 is 0 Å². The standard InChI is InChI=1S/C10H12N2.C5H12.C2H6/c1-9-5-10(6-9,7-9)8-11-3-2-4-12-8;1-5(2,3)4;1-2/h2-4H,5-7H2,1H3;1-4H3;1-2H3. The monoisotopic (exact) mass is 262 g/mol. The van der Waals surface area contributed by atoms with Crippen LogP contribution in [0.3, 0.4) is 0 Å². The summed E-state index contributed by atoms with van der Waals surface area (Å²) in [6, 6.07) is 1.89. The molecule has 0 aliphatic heterocycles. The smallest absolute Gasteiger partial charge is 0.134 e. The molecule has 0 amide bonds. The van der Waals surface area contributed by atoms with Gasteiger partial charge in [0.15, 0.2) is 0 Å². The largest absolute Gasteiger partial charge is 0.241 e. The van der Waals surface area contributed by atoms with Crippen LogP contribution >= 0.6 is 0 Å². The first-order valence-corrected chi connectivity index (χ1v) is 7.50. The molecule has 3 fully saturated rings. The maximum Gasteiger partial charge on any atom is 0.134 e.